The van der Waals surface area contributed by atoms with Crippen LogP contribution in [-0.4, -0.2) is 41.6 Å². The number of ketones is 1. The van der Waals surface area contributed by atoms with Gasteiger partial charge in [-0.25, -0.2) is 8.78 Å². The van der Waals surface area contributed by atoms with Crippen molar-refractivity contribution in [3.8, 4) is 0 Å². The Bertz CT molecular complexity index is 589. The van der Waals surface area contributed by atoms with Crippen LogP contribution < -0.4 is 5.32 Å². The SMILES string of the molecule is CC1C(=O)NC(=O)CN1CC(=O)c1ccc(F)cc1F. The summed E-state index contributed by atoms with van der Waals surface area (Å²) in [5.41, 5.74) is -0.267. The van der Waals surface area contributed by atoms with Crippen LogP contribution in [0.2, 0.25) is 0 Å². The van der Waals surface area contributed by atoms with Crippen LogP contribution in [-0.2, 0) is 9.59 Å². The normalized spacial score (nSPS) is 19.9. The molecule has 0 aliphatic carbocycles. The molecular formula is C13H12F2N2O3. The molecule has 5 nitrogen and oxygen atoms in total. The third-order valence-electron chi connectivity index (χ3n) is 3.11. The van der Waals surface area contributed by atoms with Crippen LogP contribution in [0, 0.1) is 11.6 Å². The number of nitrogens with zero attached hydrogens (tertiary/aromatic N) is 1. The minimum Gasteiger partial charge on any atom is -0.294 e. The molecule has 2 rings (SSSR count). The molecule has 1 aromatic carbocycles. The standard InChI is InChI=1S/C13H12F2N2O3/c1-7-13(20)16-12(19)6-17(7)5-11(18)9-3-2-8(14)4-10(9)15/h2-4,7H,5-6H2,1H3,(H,16,19,20). The van der Waals surface area contributed by atoms with E-state index in [-0.39, 0.29) is 18.7 Å². The average Bonchev–Trinajstić information content (AvgIpc) is 2.35. The Morgan fingerprint density at radius 2 is 2.10 bits per heavy atom. The number of carbonyl (C=O) groups is 3. The molecule has 106 valence electrons. The van der Waals surface area contributed by atoms with Crippen molar-refractivity contribution < 1.29 is 23.2 Å². The Labute approximate surface area is 113 Å². The summed E-state index contributed by atoms with van der Waals surface area (Å²) >= 11 is 0. The number of hydrogen-bond donors (Lipinski definition) is 1. The first-order chi connectivity index (χ1) is 9.38. The van der Waals surface area contributed by atoms with Crippen LogP contribution in [0.1, 0.15) is 17.3 Å². The van der Waals surface area contributed by atoms with Gasteiger partial charge in [0.2, 0.25) is 11.8 Å². The summed E-state index contributed by atoms with van der Waals surface area (Å²) in [7, 11) is 0. The van der Waals surface area contributed by atoms with Crippen LogP contribution in [0.3, 0.4) is 0 Å². The van der Waals surface area contributed by atoms with E-state index in [1.54, 1.807) is 0 Å². The Morgan fingerprint density at radius 1 is 1.40 bits per heavy atom. The van der Waals surface area contributed by atoms with Gasteiger partial charge in [0.15, 0.2) is 5.78 Å². The van der Waals surface area contributed by atoms with E-state index in [1.807, 2.05) is 0 Å². The summed E-state index contributed by atoms with van der Waals surface area (Å²) in [6, 6.07) is 1.97. The second-order valence-electron chi connectivity index (χ2n) is 4.54. The molecule has 1 heterocycles. The smallest absolute Gasteiger partial charge is 0.243 e. The largest absolute Gasteiger partial charge is 0.294 e. The molecule has 1 fully saturated rings. The lowest BCUT2D eigenvalue weighted by atomic mass is 10.1. The monoisotopic (exact) mass is 282 g/mol. The molecule has 0 saturated carbocycles. The molecule has 7 heteroatoms. The van der Waals surface area contributed by atoms with Gasteiger partial charge in [0, 0.05) is 6.07 Å². The highest BCUT2D eigenvalue weighted by atomic mass is 19.1. The van der Waals surface area contributed by atoms with Gasteiger partial charge in [-0.15, -0.1) is 0 Å². The quantitative estimate of drug-likeness (QED) is 0.647. The molecule has 1 aromatic rings. The second-order valence-corrected chi connectivity index (χ2v) is 4.54. The first-order valence-electron chi connectivity index (χ1n) is 5.94. The van der Waals surface area contributed by atoms with E-state index in [9.17, 15) is 23.2 Å². The van der Waals surface area contributed by atoms with E-state index in [0.717, 1.165) is 12.1 Å². The van der Waals surface area contributed by atoms with E-state index in [4.69, 9.17) is 0 Å². The second kappa shape index (κ2) is 5.46. The number of rotatable bonds is 3. The number of carbonyl (C=O) groups excluding carboxylic acids is 3. The first-order valence-corrected chi connectivity index (χ1v) is 5.94. The van der Waals surface area contributed by atoms with Gasteiger partial charge in [0.25, 0.3) is 0 Å². The molecule has 1 aliphatic heterocycles. The van der Waals surface area contributed by atoms with Crippen LogP contribution in [0.25, 0.3) is 0 Å². The molecule has 20 heavy (non-hydrogen) atoms. The number of benzene rings is 1. The zero-order valence-corrected chi connectivity index (χ0v) is 10.7. The predicted molar refractivity (Wildman–Crippen MR) is 64.9 cm³/mol. The molecule has 1 saturated heterocycles. The zero-order chi connectivity index (χ0) is 14.9. The molecule has 2 amide bonds. The number of halogens is 2. The van der Waals surface area contributed by atoms with Gasteiger partial charge in [-0.05, 0) is 19.1 Å². The Hall–Kier alpha value is -2.15. The van der Waals surface area contributed by atoms with Gasteiger partial charge < -0.3 is 0 Å². The highest BCUT2D eigenvalue weighted by Crippen LogP contribution is 2.13. The number of imide groups is 1. The maximum Gasteiger partial charge on any atom is 0.243 e. The summed E-state index contributed by atoms with van der Waals surface area (Å²) in [5, 5.41) is 2.14. The molecule has 0 aromatic heterocycles. The number of nitrogens with one attached hydrogen (secondary N) is 1. The summed E-state index contributed by atoms with van der Waals surface area (Å²) in [6.07, 6.45) is 0. The van der Waals surface area contributed by atoms with E-state index >= 15 is 0 Å². The van der Waals surface area contributed by atoms with Crippen molar-refractivity contribution in [3.63, 3.8) is 0 Å². The summed E-state index contributed by atoms with van der Waals surface area (Å²) in [4.78, 5) is 36.0. The van der Waals surface area contributed by atoms with Crippen LogP contribution in [0.4, 0.5) is 8.78 Å². The molecule has 0 bridgehead atoms. The van der Waals surface area contributed by atoms with Gasteiger partial charge in [-0.2, -0.15) is 0 Å². The summed E-state index contributed by atoms with van der Waals surface area (Å²) < 4.78 is 26.3. The molecule has 1 unspecified atom stereocenters. The summed E-state index contributed by atoms with van der Waals surface area (Å²) in [6.45, 7) is 1.13. The van der Waals surface area contributed by atoms with Crippen molar-refractivity contribution >= 4 is 17.6 Å². The minimum atomic E-state index is -0.963. The average molecular weight is 282 g/mol. The Kier molecular flexibility index (Phi) is 3.89. The third-order valence-corrected chi connectivity index (χ3v) is 3.11. The van der Waals surface area contributed by atoms with Gasteiger partial charge in [-0.3, -0.25) is 24.6 Å². The van der Waals surface area contributed by atoms with Crippen molar-refractivity contribution in [3.05, 3.63) is 35.4 Å². The van der Waals surface area contributed by atoms with Crippen molar-refractivity contribution in [1.29, 1.82) is 0 Å². The number of hydrogen-bond acceptors (Lipinski definition) is 4. The van der Waals surface area contributed by atoms with E-state index < -0.39 is 35.3 Å². The Balaban J connectivity index is 2.14. The van der Waals surface area contributed by atoms with Crippen molar-refractivity contribution in [1.82, 2.24) is 10.2 Å². The highest BCUT2D eigenvalue weighted by molar-refractivity contribution is 6.03. The van der Waals surface area contributed by atoms with Crippen LogP contribution in [0.5, 0.6) is 0 Å². The van der Waals surface area contributed by atoms with E-state index in [1.165, 1.54) is 11.8 Å². The molecule has 1 atom stereocenters. The van der Waals surface area contributed by atoms with E-state index in [0.29, 0.717) is 6.07 Å². The fourth-order valence-electron chi connectivity index (χ4n) is 1.95. The van der Waals surface area contributed by atoms with Gasteiger partial charge in [0.1, 0.15) is 11.6 Å². The fraction of sp³-hybridized carbons (Fsp3) is 0.308. The lowest BCUT2D eigenvalue weighted by molar-refractivity contribution is -0.139. The lowest BCUT2D eigenvalue weighted by Crippen LogP contribution is -2.57. The highest BCUT2D eigenvalue weighted by Gasteiger charge is 2.31. The molecule has 0 radical (unpaired) electrons. The van der Waals surface area contributed by atoms with Crippen molar-refractivity contribution in [2.24, 2.45) is 0 Å². The molecule has 0 spiro atoms. The maximum atomic E-state index is 13.5. The fourth-order valence-corrected chi connectivity index (χ4v) is 1.95. The van der Waals surface area contributed by atoms with E-state index in [2.05, 4.69) is 5.32 Å². The zero-order valence-electron chi connectivity index (χ0n) is 10.7. The lowest BCUT2D eigenvalue weighted by Gasteiger charge is -2.30. The number of piperazine rings is 1. The molecule has 1 aliphatic rings. The third kappa shape index (κ3) is 2.88. The summed E-state index contributed by atoms with van der Waals surface area (Å²) in [5.74, 6) is -3.37. The van der Waals surface area contributed by atoms with Crippen LogP contribution >= 0.6 is 0 Å². The minimum absolute atomic E-state index is 0.124. The number of amides is 2. The molecular weight excluding hydrogens is 270 g/mol. The Morgan fingerprint density at radius 3 is 2.75 bits per heavy atom. The molecule has 1 N–H and O–H groups in total. The van der Waals surface area contributed by atoms with Gasteiger partial charge in [0.05, 0.1) is 24.7 Å². The predicted octanol–water partition coefficient (Wildman–Crippen LogP) is 0.494. The number of Topliss-reactive ketones (excluding diaryl/α,β-unsaturated/α-hetero) is 1. The van der Waals surface area contributed by atoms with Crippen molar-refractivity contribution in [2.75, 3.05) is 13.1 Å². The van der Waals surface area contributed by atoms with Crippen LogP contribution in [0.15, 0.2) is 18.2 Å². The van der Waals surface area contributed by atoms with Gasteiger partial charge in [-0.1, -0.05) is 0 Å². The van der Waals surface area contributed by atoms with Gasteiger partial charge >= 0.3 is 0 Å². The topological polar surface area (TPSA) is 66.5 Å². The first kappa shape index (κ1) is 14.3. The maximum absolute atomic E-state index is 13.5. The van der Waals surface area contributed by atoms with Crippen molar-refractivity contribution in [2.45, 2.75) is 13.0 Å².